The first-order chi connectivity index (χ1) is 11.8. The van der Waals surface area contributed by atoms with Crippen LogP contribution in [-0.4, -0.2) is 5.11 Å². The molecule has 0 aliphatic heterocycles. The molecule has 0 spiro atoms. The highest BCUT2D eigenvalue weighted by molar-refractivity contribution is 5.59. The first-order valence-corrected chi connectivity index (χ1v) is 9.39. The second-order valence-corrected chi connectivity index (χ2v) is 6.54. The smallest absolute Gasteiger partial charge is 0.0790 e. The Morgan fingerprint density at radius 2 is 1.33 bits per heavy atom. The van der Waals surface area contributed by atoms with Crippen LogP contribution >= 0.6 is 0 Å². The zero-order valence-corrected chi connectivity index (χ0v) is 14.9. The minimum Gasteiger partial charge on any atom is -0.388 e. The number of aliphatic hydroxyl groups excluding tert-OH is 1. The van der Waals surface area contributed by atoms with Crippen molar-refractivity contribution in [2.45, 2.75) is 64.4 Å². The van der Waals surface area contributed by atoms with Gasteiger partial charge in [0.25, 0.3) is 0 Å². The molecule has 0 amide bonds. The molecule has 1 atom stereocenters. The molecule has 2 aromatic rings. The third kappa shape index (κ3) is 6.76. The number of hydrogen-bond acceptors (Lipinski definition) is 2. The van der Waals surface area contributed by atoms with Crippen LogP contribution in [0.1, 0.15) is 70.0 Å². The Hall–Kier alpha value is -1.80. The largest absolute Gasteiger partial charge is 0.388 e. The van der Waals surface area contributed by atoms with Gasteiger partial charge in [-0.05, 0) is 36.2 Å². The van der Waals surface area contributed by atoms with E-state index in [1.165, 1.54) is 38.5 Å². The van der Waals surface area contributed by atoms with Crippen molar-refractivity contribution in [1.29, 1.82) is 0 Å². The van der Waals surface area contributed by atoms with Crippen molar-refractivity contribution in [2.75, 3.05) is 5.32 Å². The third-order valence-corrected chi connectivity index (χ3v) is 4.44. The lowest BCUT2D eigenvalue weighted by Crippen LogP contribution is -1.98. The minimum absolute atomic E-state index is 0.341. The molecule has 24 heavy (non-hydrogen) atoms. The number of rotatable bonds is 11. The summed E-state index contributed by atoms with van der Waals surface area (Å²) in [5.74, 6) is 0. The van der Waals surface area contributed by atoms with E-state index in [4.69, 9.17) is 0 Å². The summed E-state index contributed by atoms with van der Waals surface area (Å²) >= 11 is 0. The van der Waals surface area contributed by atoms with Crippen LogP contribution in [0.2, 0.25) is 0 Å². The second kappa shape index (κ2) is 10.9. The third-order valence-electron chi connectivity index (χ3n) is 4.44. The van der Waals surface area contributed by atoms with Gasteiger partial charge in [0.05, 0.1) is 6.10 Å². The summed E-state index contributed by atoms with van der Waals surface area (Å²) in [6, 6.07) is 18.3. The van der Waals surface area contributed by atoms with Crippen molar-refractivity contribution in [3.63, 3.8) is 0 Å². The van der Waals surface area contributed by atoms with Gasteiger partial charge in [0.2, 0.25) is 0 Å². The number of unbranched alkanes of at least 4 members (excludes halogenated alkanes) is 6. The number of aliphatic hydroxyl groups is 1. The first kappa shape index (κ1) is 18.5. The maximum absolute atomic E-state index is 10.3. The Morgan fingerprint density at radius 3 is 2.00 bits per heavy atom. The van der Waals surface area contributed by atoms with Gasteiger partial charge in [0.1, 0.15) is 0 Å². The van der Waals surface area contributed by atoms with Gasteiger partial charge >= 0.3 is 0 Å². The molecule has 0 saturated carbocycles. The van der Waals surface area contributed by atoms with Crippen molar-refractivity contribution < 1.29 is 5.11 Å². The number of nitrogens with one attached hydrogen (secondary N) is 1. The van der Waals surface area contributed by atoms with E-state index in [0.29, 0.717) is 0 Å². The van der Waals surface area contributed by atoms with Crippen LogP contribution in [0.3, 0.4) is 0 Å². The van der Waals surface area contributed by atoms with E-state index in [9.17, 15) is 5.11 Å². The van der Waals surface area contributed by atoms with Gasteiger partial charge in [-0.15, -0.1) is 0 Å². The van der Waals surface area contributed by atoms with E-state index in [2.05, 4.69) is 12.2 Å². The van der Waals surface area contributed by atoms with Gasteiger partial charge in [0, 0.05) is 11.4 Å². The van der Waals surface area contributed by atoms with Crippen LogP contribution < -0.4 is 5.32 Å². The van der Waals surface area contributed by atoms with Gasteiger partial charge in [-0.1, -0.05) is 82.2 Å². The molecule has 0 bridgehead atoms. The fraction of sp³-hybridized carbons (Fsp3) is 0.455. The summed E-state index contributed by atoms with van der Waals surface area (Å²) in [4.78, 5) is 0. The van der Waals surface area contributed by atoms with Gasteiger partial charge in [-0.25, -0.2) is 0 Å². The fourth-order valence-electron chi connectivity index (χ4n) is 2.94. The minimum atomic E-state index is -0.341. The standard InChI is InChI=1S/C22H31NO/c1-2-3-4-5-6-7-11-14-22(24)19-15-17-21(18-16-19)23-20-12-9-8-10-13-20/h8-10,12-13,15-18,22-24H,2-7,11,14H2,1H3. The molecule has 0 heterocycles. The van der Waals surface area contributed by atoms with Crippen molar-refractivity contribution in [3.8, 4) is 0 Å². The Bertz CT molecular complexity index is 550. The van der Waals surface area contributed by atoms with E-state index >= 15 is 0 Å². The lowest BCUT2D eigenvalue weighted by Gasteiger charge is -2.12. The molecule has 0 fully saturated rings. The van der Waals surface area contributed by atoms with Gasteiger partial charge in [0.15, 0.2) is 0 Å². The Balaban J connectivity index is 1.70. The monoisotopic (exact) mass is 325 g/mol. The van der Waals surface area contributed by atoms with E-state index < -0.39 is 0 Å². The lowest BCUT2D eigenvalue weighted by molar-refractivity contribution is 0.163. The number of anilines is 2. The zero-order valence-electron chi connectivity index (χ0n) is 14.9. The number of para-hydroxylation sites is 1. The molecule has 2 N–H and O–H groups in total. The van der Waals surface area contributed by atoms with E-state index in [-0.39, 0.29) is 6.10 Å². The van der Waals surface area contributed by atoms with Crippen LogP contribution in [0, 0.1) is 0 Å². The summed E-state index contributed by atoms with van der Waals surface area (Å²) in [7, 11) is 0. The van der Waals surface area contributed by atoms with Gasteiger partial charge in [-0.3, -0.25) is 0 Å². The first-order valence-electron chi connectivity index (χ1n) is 9.39. The van der Waals surface area contributed by atoms with Crippen LogP contribution in [0.5, 0.6) is 0 Å². The summed E-state index contributed by atoms with van der Waals surface area (Å²) in [5, 5.41) is 13.7. The Labute approximate surface area is 146 Å². The van der Waals surface area contributed by atoms with Crippen molar-refractivity contribution in [1.82, 2.24) is 0 Å². The Morgan fingerprint density at radius 1 is 0.750 bits per heavy atom. The summed E-state index contributed by atoms with van der Waals surface area (Å²) < 4.78 is 0. The van der Waals surface area contributed by atoms with Crippen molar-refractivity contribution in [2.24, 2.45) is 0 Å². The molecular weight excluding hydrogens is 294 g/mol. The molecule has 2 aromatic carbocycles. The van der Waals surface area contributed by atoms with Crippen LogP contribution in [0.25, 0.3) is 0 Å². The van der Waals surface area contributed by atoms with Gasteiger partial charge < -0.3 is 10.4 Å². The topological polar surface area (TPSA) is 32.3 Å². The molecule has 0 radical (unpaired) electrons. The average molecular weight is 325 g/mol. The SMILES string of the molecule is CCCCCCCCCC(O)c1ccc(Nc2ccccc2)cc1. The lowest BCUT2D eigenvalue weighted by atomic mass is 10.0. The quantitative estimate of drug-likeness (QED) is 0.456. The predicted octanol–water partition coefficient (Wildman–Crippen LogP) is 6.60. The highest BCUT2D eigenvalue weighted by atomic mass is 16.3. The van der Waals surface area contributed by atoms with Crippen molar-refractivity contribution >= 4 is 11.4 Å². The molecule has 0 aromatic heterocycles. The molecule has 2 nitrogen and oxygen atoms in total. The molecule has 0 saturated heterocycles. The molecule has 2 heteroatoms. The fourth-order valence-corrected chi connectivity index (χ4v) is 2.94. The highest BCUT2D eigenvalue weighted by Gasteiger charge is 2.07. The van der Waals surface area contributed by atoms with E-state index in [1.807, 2.05) is 54.6 Å². The highest BCUT2D eigenvalue weighted by Crippen LogP contribution is 2.23. The summed E-state index contributed by atoms with van der Waals surface area (Å²) in [5.41, 5.74) is 3.14. The maximum Gasteiger partial charge on any atom is 0.0790 e. The predicted molar refractivity (Wildman–Crippen MR) is 104 cm³/mol. The number of benzene rings is 2. The molecule has 1 unspecified atom stereocenters. The summed E-state index contributed by atoms with van der Waals surface area (Å²) in [6.45, 7) is 2.25. The zero-order chi connectivity index (χ0) is 17.0. The van der Waals surface area contributed by atoms with Crippen LogP contribution in [0.15, 0.2) is 54.6 Å². The summed E-state index contributed by atoms with van der Waals surface area (Å²) in [6.07, 6.45) is 9.50. The number of hydrogen-bond donors (Lipinski definition) is 2. The van der Waals surface area contributed by atoms with E-state index in [1.54, 1.807) is 0 Å². The normalized spacial score (nSPS) is 12.1. The molecule has 0 aliphatic rings. The van der Waals surface area contributed by atoms with Gasteiger partial charge in [-0.2, -0.15) is 0 Å². The van der Waals surface area contributed by atoms with Crippen LogP contribution in [0.4, 0.5) is 11.4 Å². The molecule has 0 aliphatic carbocycles. The maximum atomic E-state index is 10.3. The Kier molecular flexibility index (Phi) is 8.40. The van der Waals surface area contributed by atoms with E-state index in [0.717, 1.165) is 29.8 Å². The molecule has 2 rings (SSSR count). The van der Waals surface area contributed by atoms with Crippen LogP contribution in [-0.2, 0) is 0 Å². The second-order valence-electron chi connectivity index (χ2n) is 6.54. The molecule has 130 valence electrons. The van der Waals surface area contributed by atoms with Crippen molar-refractivity contribution in [3.05, 3.63) is 60.2 Å². The average Bonchev–Trinajstić information content (AvgIpc) is 2.62. The molecular formula is C22H31NO.